The van der Waals surface area contributed by atoms with Crippen LogP contribution in [0, 0.1) is 0 Å². The Kier molecular flexibility index (Phi) is 11.0. The van der Waals surface area contributed by atoms with Gasteiger partial charge >= 0.3 is 33.4 Å². The third kappa shape index (κ3) is 6.72. The SMILES string of the molecule is COC(OC)(c1ccc(-c2ccc(O)cc2)cc1)c1ccc(S(OS(=O)(=O)C(F)(F)C(F)(F)C(F)(F)C(F)(F)F)(c2ccccc2)c2ccccc2)cc1. The maximum absolute atomic E-state index is 15.3. The van der Waals surface area contributed by atoms with Crippen molar-refractivity contribution in [1.82, 2.24) is 0 Å². The molecule has 0 aromatic heterocycles. The van der Waals surface area contributed by atoms with Gasteiger partial charge in [-0.25, -0.2) is 3.63 Å². The molecule has 0 aliphatic rings. The van der Waals surface area contributed by atoms with Crippen LogP contribution >= 0.6 is 10.3 Å². The second kappa shape index (κ2) is 14.6. The molecule has 0 saturated carbocycles. The predicted molar refractivity (Wildman–Crippen MR) is 181 cm³/mol. The highest BCUT2D eigenvalue weighted by Gasteiger charge is 2.86. The van der Waals surface area contributed by atoms with E-state index in [-0.39, 0.29) is 26.0 Å². The number of benzene rings is 5. The minimum absolute atomic E-state index is 0.0691. The zero-order valence-electron chi connectivity index (χ0n) is 27.9. The smallest absolute Gasteiger partial charge is 0.460 e. The van der Waals surface area contributed by atoms with E-state index in [1.54, 1.807) is 36.4 Å². The van der Waals surface area contributed by atoms with E-state index in [4.69, 9.17) is 13.1 Å². The van der Waals surface area contributed by atoms with E-state index in [1.165, 1.54) is 111 Å². The fourth-order valence-electron chi connectivity index (χ4n) is 5.57. The van der Waals surface area contributed by atoms with Gasteiger partial charge in [0.2, 0.25) is 5.79 Å². The van der Waals surface area contributed by atoms with Gasteiger partial charge in [-0.05, 0) is 70.0 Å². The lowest BCUT2D eigenvalue weighted by Crippen LogP contribution is -2.63. The first-order chi connectivity index (χ1) is 25.2. The molecular formula is C37H29F9O6S2. The van der Waals surface area contributed by atoms with Gasteiger partial charge in [-0.1, -0.05) is 84.9 Å². The summed E-state index contributed by atoms with van der Waals surface area (Å²) in [6.07, 6.45) is -7.27. The first kappa shape index (κ1) is 40.6. The zero-order chi connectivity index (χ0) is 39.8. The lowest BCUT2D eigenvalue weighted by molar-refractivity contribution is -0.382. The van der Waals surface area contributed by atoms with E-state index in [1.807, 2.05) is 0 Å². The number of hydrogen-bond donors (Lipinski definition) is 1. The highest BCUT2D eigenvalue weighted by Crippen LogP contribution is 2.71. The monoisotopic (exact) mass is 804 g/mol. The van der Waals surface area contributed by atoms with Crippen molar-refractivity contribution in [3.63, 3.8) is 0 Å². The van der Waals surface area contributed by atoms with Crippen LogP contribution in [0.5, 0.6) is 5.75 Å². The number of phenolic OH excluding ortho intramolecular Hbond substituents is 1. The quantitative estimate of drug-likeness (QED) is 0.0943. The molecule has 0 heterocycles. The van der Waals surface area contributed by atoms with Crippen LogP contribution in [0.15, 0.2) is 148 Å². The second-order valence-corrected chi connectivity index (χ2v) is 16.0. The molecule has 0 amide bonds. The molecule has 0 radical (unpaired) electrons. The van der Waals surface area contributed by atoms with E-state index < -0.39 is 49.5 Å². The van der Waals surface area contributed by atoms with E-state index in [9.17, 15) is 44.3 Å². The fourth-order valence-corrected chi connectivity index (χ4v) is 10.8. The van der Waals surface area contributed by atoms with Gasteiger partial charge in [0.25, 0.3) is 0 Å². The van der Waals surface area contributed by atoms with Crippen LogP contribution in [0.1, 0.15) is 11.1 Å². The molecule has 5 aromatic carbocycles. The van der Waals surface area contributed by atoms with Crippen LogP contribution < -0.4 is 0 Å². The van der Waals surface area contributed by atoms with Gasteiger partial charge in [-0.3, -0.25) is 0 Å². The minimum atomic E-state index is -7.52. The second-order valence-electron chi connectivity index (χ2n) is 11.5. The normalized spacial score (nSPS) is 13.8. The fraction of sp³-hybridized carbons (Fsp3) is 0.189. The summed E-state index contributed by atoms with van der Waals surface area (Å²) in [5, 5.41) is 2.51. The van der Waals surface area contributed by atoms with Crippen LogP contribution in [-0.4, -0.2) is 51.0 Å². The summed E-state index contributed by atoms with van der Waals surface area (Å²) < 4.78 is 170. The van der Waals surface area contributed by atoms with Crippen molar-refractivity contribution >= 4 is 20.4 Å². The third-order valence-electron chi connectivity index (χ3n) is 8.38. The lowest BCUT2D eigenvalue weighted by atomic mass is 9.94. The van der Waals surface area contributed by atoms with Crippen molar-refractivity contribution in [2.45, 2.75) is 43.7 Å². The van der Waals surface area contributed by atoms with Crippen molar-refractivity contribution in [1.29, 1.82) is 0 Å². The molecule has 0 spiro atoms. The molecule has 5 rings (SSSR count). The average Bonchev–Trinajstić information content (AvgIpc) is 3.15. The molecule has 17 heteroatoms. The molecule has 6 nitrogen and oxygen atoms in total. The van der Waals surface area contributed by atoms with Crippen LogP contribution in [0.2, 0.25) is 0 Å². The molecule has 0 unspecified atom stereocenters. The molecular weight excluding hydrogens is 776 g/mol. The number of rotatable bonds is 13. The number of aromatic hydroxyl groups is 1. The Hall–Kier alpha value is -4.55. The maximum atomic E-state index is 15.3. The van der Waals surface area contributed by atoms with Gasteiger partial charge in [-0.2, -0.15) is 47.9 Å². The Bertz CT molecular complexity index is 2110. The van der Waals surface area contributed by atoms with Crippen LogP contribution in [0.25, 0.3) is 11.1 Å². The third-order valence-corrected chi connectivity index (χ3v) is 13.6. The Morgan fingerprint density at radius 2 is 0.870 bits per heavy atom. The van der Waals surface area contributed by atoms with Gasteiger partial charge in [0.15, 0.2) is 0 Å². The standard InChI is InChI=1S/C37H29F9O6S2/c1-50-33(51-2,27-17-13-25(14-18-27)26-15-21-29(47)22-16-26)28-19-23-32(24-20-28)53(30-9-5-3-6-10-30,31-11-7-4-8-12-31)52-54(48,49)37(45,46)35(40,41)34(38,39)36(42,43)44/h3-24,47H,1-2H3. The highest BCUT2D eigenvalue weighted by molar-refractivity contribution is 8.33. The molecule has 0 aliphatic carbocycles. The topological polar surface area (TPSA) is 82.1 Å². The van der Waals surface area contributed by atoms with Crippen molar-refractivity contribution < 1.29 is 66.1 Å². The predicted octanol–water partition coefficient (Wildman–Crippen LogP) is 10.5. The summed E-state index contributed by atoms with van der Waals surface area (Å²) in [5.74, 6) is -16.6. The number of halogens is 9. The van der Waals surface area contributed by atoms with Crippen LogP contribution in [-0.2, 0) is 29.0 Å². The molecule has 0 bridgehead atoms. The van der Waals surface area contributed by atoms with Gasteiger partial charge in [-0.15, -0.1) is 0 Å². The number of ether oxygens (including phenoxy) is 2. The summed E-state index contributed by atoms with van der Waals surface area (Å²) in [5.41, 5.74) is 2.18. The summed E-state index contributed by atoms with van der Waals surface area (Å²) in [7, 11) is -8.98. The molecule has 288 valence electrons. The van der Waals surface area contributed by atoms with Crippen LogP contribution in [0.4, 0.5) is 39.5 Å². The molecule has 54 heavy (non-hydrogen) atoms. The number of methoxy groups -OCH3 is 2. The first-order valence-corrected chi connectivity index (χ1v) is 18.4. The average molecular weight is 805 g/mol. The molecule has 0 aliphatic heterocycles. The molecule has 0 fully saturated rings. The number of alkyl halides is 9. The number of hydrogen-bond acceptors (Lipinski definition) is 6. The van der Waals surface area contributed by atoms with E-state index >= 15 is 8.78 Å². The van der Waals surface area contributed by atoms with E-state index in [0.717, 1.165) is 11.1 Å². The molecule has 0 saturated heterocycles. The summed E-state index contributed by atoms with van der Waals surface area (Å²) >= 11 is 0. The van der Waals surface area contributed by atoms with Gasteiger partial charge in [0.05, 0.1) is 0 Å². The Morgan fingerprint density at radius 3 is 1.26 bits per heavy atom. The summed E-state index contributed by atoms with van der Waals surface area (Å²) in [4.78, 5) is -0.745. The largest absolute Gasteiger partial charge is 0.508 e. The maximum Gasteiger partial charge on any atom is 0.460 e. The van der Waals surface area contributed by atoms with Crippen molar-refractivity contribution in [3.05, 3.63) is 145 Å². The number of phenols is 1. The van der Waals surface area contributed by atoms with Gasteiger partial charge < -0.3 is 14.6 Å². The van der Waals surface area contributed by atoms with Crippen LogP contribution in [0.3, 0.4) is 0 Å². The van der Waals surface area contributed by atoms with Crippen molar-refractivity contribution in [3.8, 4) is 16.9 Å². The highest BCUT2D eigenvalue weighted by atomic mass is 32.3. The molecule has 5 aromatic rings. The lowest BCUT2D eigenvalue weighted by Gasteiger charge is -2.41. The van der Waals surface area contributed by atoms with Gasteiger partial charge in [0, 0.05) is 40.0 Å². The minimum Gasteiger partial charge on any atom is -0.508 e. The van der Waals surface area contributed by atoms with E-state index in [2.05, 4.69) is 0 Å². The van der Waals surface area contributed by atoms with Gasteiger partial charge in [0.1, 0.15) is 5.75 Å². The van der Waals surface area contributed by atoms with Crippen molar-refractivity contribution in [2.75, 3.05) is 14.2 Å². The zero-order valence-corrected chi connectivity index (χ0v) is 29.5. The molecule has 0 atom stereocenters. The first-order valence-electron chi connectivity index (χ1n) is 15.4. The Balaban J connectivity index is 1.68. The summed E-state index contributed by atoms with van der Waals surface area (Å²) in [6.45, 7) is 0. The summed E-state index contributed by atoms with van der Waals surface area (Å²) in [6, 6.07) is 31.1. The van der Waals surface area contributed by atoms with E-state index in [0.29, 0.717) is 5.56 Å². The molecule has 1 N–H and O–H groups in total. The van der Waals surface area contributed by atoms with Crippen molar-refractivity contribution in [2.24, 2.45) is 0 Å². The Morgan fingerprint density at radius 1 is 0.500 bits per heavy atom. The Labute approximate surface area is 305 Å².